The second-order valence-electron chi connectivity index (χ2n) is 8.67. The van der Waals surface area contributed by atoms with Crippen molar-refractivity contribution in [1.82, 2.24) is 10.1 Å². The van der Waals surface area contributed by atoms with Gasteiger partial charge in [0.05, 0.1) is 12.0 Å². The number of rotatable bonds is 6. The molecule has 0 atom stereocenters. The molecule has 1 aliphatic heterocycles. The van der Waals surface area contributed by atoms with Crippen LogP contribution in [-0.4, -0.2) is 41.6 Å². The number of piperidine rings is 1. The summed E-state index contributed by atoms with van der Waals surface area (Å²) in [6.45, 7) is 3.20. The highest BCUT2D eigenvalue weighted by molar-refractivity contribution is 5.81. The van der Waals surface area contributed by atoms with E-state index in [0.717, 1.165) is 31.2 Å². The van der Waals surface area contributed by atoms with E-state index in [-0.39, 0.29) is 23.6 Å². The molecule has 1 saturated heterocycles. The third-order valence-electron chi connectivity index (χ3n) is 6.66. The first kappa shape index (κ1) is 21.5. The number of benzene rings is 1. The van der Waals surface area contributed by atoms with E-state index in [4.69, 9.17) is 9.26 Å². The van der Waals surface area contributed by atoms with Gasteiger partial charge in [0.15, 0.2) is 0 Å². The smallest absolute Gasteiger partial charge is 0.312 e. The highest BCUT2D eigenvalue weighted by Crippen LogP contribution is 2.38. The van der Waals surface area contributed by atoms with Gasteiger partial charge in [-0.15, -0.1) is 0 Å². The first-order valence-corrected chi connectivity index (χ1v) is 11.2. The predicted molar refractivity (Wildman–Crippen MR) is 112 cm³/mol. The summed E-state index contributed by atoms with van der Waals surface area (Å²) in [4.78, 5) is 27.7. The van der Waals surface area contributed by atoms with Crippen LogP contribution >= 0.6 is 0 Å². The third-order valence-corrected chi connectivity index (χ3v) is 6.66. The number of carbonyl (C=O) groups is 2. The van der Waals surface area contributed by atoms with Gasteiger partial charge in [0.1, 0.15) is 17.3 Å². The van der Waals surface area contributed by atoms with Crippen molar-refractivity contribution in [2.45, 2.75) is 51.9 Å². The number of likely N-dealkylation sites (tertiary alicyclic amines) is 1. The van der Waals surface area contributed by atoms with E-state index in [1.54, 1.807) is 25.1 Å². The van der Waals surface area contributed by atoms with Crippen LogP contribution in [0.3, 0.4) is 0 Å². The van der Waals surface area contributed by atoms with Crippen LogP contribution in [-0.2, 0) is 20.7 Å². The van der Waals surface area contributed by atoms with E-state index >= 15 is 0 Å². The number of halogens is 1. The Balaban J connectivity index is 1.48. The molecule has 1 saturated carbocycles. The monoisotopic (exact) mass is 428 g/mol. The van der Waals surface area contributed by atoms with Gasteiger partial charge >= 0.3 is 5.97 Å². The van der Waals surface area contributed by atoms with Crippen molar-refractivity contribution in [2.24, 2.45) is 11.3 Å². The molecule has 1 amide bonds. The average molecular weight is 429 g/mol. The first-order chi connectivity index (χ1) is 15.0. The van der Waals surface area contributed by atoms with Crippen LogP contribution in [0.25, 0.3) is 11.3 Å². The molecular weight excluding hydrogens is 399 g/mol. The molecule has 2 heterocycles. The van der Waals surface area contributed by atoms with Gasteiger partial charge in [-0.3, -0.25) is 9.59 Å². The fourth-order valence-corrected chi connectivity index (χ4v) is 4.81. The maximum Gasteiger partial charge on any atom is 0.312 e. The number of amides is 1. The molecule has 7 heteroatoms. The molecular formula is C24H29FN2O4. The molecule has 6 nitrogen and oxygen atoms in total. The lowest BCUT2D eigenvalue weighted by Crippen LogP contribution is -2.49. The van der Waals surface area contributed by atoms with Crippen LogP contribution in [0.1, 0.15) is 51.2 Å². The molecule has 0 bridgehead atoms. The minimum absolute atomic E-state index is 0.141. The molecule has 4 rings (SSSR count). The third kappa shape index (κ3) is 4.65. The van der Waals surface area contributed by atoms with Gasteiger partial charge in [-0.25, -0.2) is 4.39 Å². The van der Waals surface area contributed by atoms with E-state index in [1.807, 2.05) is 4.90 Å². The van der Waals surface area contributed by atoms with Crippen LogP contribution in [0.2, 0.25) is 0 Å². The van der Waals surface area contributed by atoms with Gasteiger partial charge in [0.2, 0.25) is 5.91 Å². The number of nitrogens with zero attached hydrogens (tertiary/aromatic N) is 2. The van der Waals surface area contributed by atoms with Gasteiger partial charge in [-0.1, -0.05) is 18.0 Å². The Kier molecular flexibility index (Phi) is 6.39. The quantitative estimate of drug-likeness (QED) is 0.638. The van der Waals surface area contributed by atoms with Crippen LogP contribution in [0.4, 0.5) is 4.39 Å². The number of ether oxygens (including phenoxy) is 1. The van der Waals surface area contributed by atoms with Gasteiger partial charge in [0, 0.05) is 37.1 Å². The van der Waals surface area contributed by atoms with Crippen molar-refractivity contribution < 1.29 is 23.2 Å². The molecule has 0 N–H and O–H groups in total. The molecule has 166 valence electrons. The highest BCUT2D eigenvalue weighted by atomic mass is 19.1. The maximum absolute atomic E-state index is 13.2. The van der Waals surface area contributed by atoms with Crippen LogP contribution in [0.15, 0.2) is 34.9 Å². The first-order valence-electron chi connectivity index (χ1n) is 11.2. The van der Waals surface area contributed by atoms with E-state index < -0.39 is 5.41 Å². The average Bonchev–Trinajstić information content (AvgIpc) is 3.47. The van der Waals surface area contributed by atoms with E-state index in [9.17, 15) is 14.0 Å². The van der Waals surface area contributed by atoms with Crippen molar-refractivity contribution in [3.8, 4) is 11.3 Å². The normalized spacial score (nSPS) is 18.8. The summed E-state index contributed by atoms with van der Waals surface area (Å²) in [5.41, 5.74) is 0.614. The number of hydrogen-bond donors (Lipinski definition) is 0. The van der Waals surface area contributed by atoms with Crippen molar-refractivity contribution >= 4 is 11.9 Å². The lowest BCUT2D eigenvalue weighted by molar-refractivity contribution is -0.161. The topological polar surface area (TPSA) is 72.6 Å². The molecule has 2 aliphatic rings. The summed E-state index contributed by atoms with van der Waals surface area (Å²) in [6, 6.07) is 7.84. The fourth-order valence-electron chi connectivity index (χ4n) is 4.81. The molecule has 0 radical (unpaired) electrons. The lowest BCUT2D eigenvalue weighted by atomic mass is 9.74. The van der Waals surface area contributed by atoms with Crippen LogP contribution < -0.4 is 0 Å². The van der Waals surface area contributed by atoms with E-state index in [2.05, 4.69) is 5.16 Å². The van der Waals surface area contributed by atoms with Crippen molar-refractivity contribution in [1.29, 1.82) is 0 Å². The lowest BCUT2D eigenvalue weighted by Gasteiger charge is -2.40. The Hall–Kier alpha value is -2.70. The van der Waals surface area contributed by atoms with Gasteiger partial charge in [-0.05, 0) is 56.9 Å². The standard InChI is InChI=1S/C24H29FN2O4/c1-2-30-23(29)24(11-13-27(14-12-24)22(28)18-5-3-4-6-18)16-20-15-21(26-31-20)17-7-9-19(25)10-8-17/h7-10,15,18H,2-6,11-14,16H2,1H3. The highest BCUT2D eigenvalue weighted by Gasteiger charge is 2.45. The Morgan fingerprint density at radius 2 is 1.87 bits per heavy atom. The number of hydrogen-bond acceptors (Lipinski definition) is 5. The minimum Gasteiger partial charge on any atom is -0.466 e. The van der Waals surface area contributed by atoms with Gasteiger partial charge in [-0.2, -0.15) is 0 Å². The molecule has 1 aliphatic carbocycles. The molecule has 1 aromatic heterocycles. The Morgan fingerprint density at radius 3 is 2.52 bits per heavy atom. The zero-order valence-corrected chi connectivity index (χ0v) is 17.9. The number of carbonyl (C=O) groups excluding carboxylic acids is 2. The zero-order valence-electron chi connectivity index (χ0n) is 17.9. The van der Waals surface area contributed by atoms with Crippen LogP contribution in [0.5, 0.6) is 0 Å². The molecule has 0 unspecified atom stereocenters. The molecule has 2 fully saturated rings. The second kappa shape index (κ2) is 9.20. The molecule has 0 spiro atoms. The largest absolute Gasteiger partial charge is 0.466 e. The minimum atomic E-state index is -0.734. The summed E-state index contributed by atoms with van der Waals surface area (Å²) in [7, 11) is 0. The summed E-state index contributed by atoms with van der Waals surface area (Å²) >= 11 is 0. The molecule has 1 aromatic carbocycles. The summed E-state index contributed by atoms with van der Waals surface area (Å²) < 4.78 is 24.1. The van der Waals surface area contributed by atoms with Crippen molar-refractivity contribution in [3.05, 3.63) is 41.9 Å². The summed E-state index contributed by atoms with van der Waals surface area (Å²) in [6.07, 6.45) is 5.64. The SMILES string of the molecule is CCOC(=O)C1(Cc2cc(-c3ccc(F)cc3)no2)CCN(C(=O)C2CCCC2)CC1. The Labute approximate surface area is 181 Å². The van der Waals surface area contributed by atoms with Gasteiger partial charge in [0.25, 0.3) is 0 Å². The Bertz CT molecular complexity index is 910. The maximum atomic E-state index is 13.2. The molecule has 2 aromatic rings. The zero-order chi connectivity index (χ0) is 21.8. The fraction of sp³-hybridized carbons (Fsp3) is 0.542. The van der Waals surface area contributed by atoms with Crippen molar-refractivity contribution in [2.75, 3.05) is 19.7 Å². The van der Waals surface area contributed by atoms with Crippen molar-refractivity contribution in [3.63, 3.8) is 0 Å². The summed E-state index contributed by atoms with van der Waals surface area (Å²) in [5, 5.41) is 4.10. The van der Waals surface area contributed by atoms with E-state index in [1.165, 1.54) is 12.1 Å². The van der Waals surface area contributed by atoms with Crippen LogP contribution in [0, 0.1) is 17.2 Å². The number of esters is 1. The summed E-state index contributed by atoms with van der Waals surface area (Å²) in [5.74, 6) is 0.397. The second-order valence-corrected chi connectivity index (χ2v) is 8.67. The number of aromatic nitrogens is 1. The Morgan fingerprint density at radius 1 is 1.19 bits per heavy atom. The molecule has 31 heavy (non-hydrogen) atoms. The van der Waals surface area contributed by atoms with E-state index in [0.29, 0.717) is 50.4 Å². The van der Waals surface area contributed by atoms with Gasteiger partial charge < -0.3 is 14.2 Å². The predicted octanol–water partition coefficient (Wildman–Crippen LogP) is 4.39.